The van der Waals surface area contributed by atoms with Crippen molar-refractivity contribution in [3.63, 3.8) is 0 Å². The number of nitrogen functional groups attached to an aromatic ring is 1. The molecule has 0 unspecified atom stereocenters. The molecule has 4 heterocycles. The van der Waals surface area contributed by atoms with E-state index in [4.69, 9.17) is 5.73 Å². The highest BCUT2D eigenvalue weighted by atomic mass is 19.1. The fraction of sp³-hybridized carbons (Fsp3) is 0.182. The second-order valence-electron chi connectivity index (χ2n) is 7.44. The molecule has 0 spiro atoms. The van der Waals surface area contributed by atoms with Crippen molar-refractivity contribution in [2.45, 2.75) is 12.8 Å². The van der Waals surface area contributed by atoms with E-state index in [2.05, 4.69) is 24.8 Å². The number of halogens is 2. The van der Waals surface area contributed by atoms with E-state index in [9.17, 15) is 13.6 Å². The summed E-state index contributed by atoms with van der Waals surface area (Å²) in [6.45, 7) is 1.89. The summed E-state index contributed by atoms with van der Waals surface area (Å²) in [5.74, 6) is -2.18. The van der Waals surface area contributed by atoms with Crippen LogP contribution in [-0.4, -0.2) is 38.8 Å². The van der Waals surface area contributed by atoms with Crippen LogP contribution in [0.15, 0.2) is 43.0 Å². The first-order valence-electron chi connectivity index (χ1n) is 9.85. The Hall–Kier alpha value is -3.88. The lowest BCUT2D eigenvalue weighted by atomic mass is 10.0. The van der Waals surface area contributed by atoms with Crippen molar-refractivity contribution in [3.05, 3.63) is 65.7 Å². The van der Waals surface area contributed by atoms with Gasteiger partial charge in [-0.05, 0) is 31.0 Å². The van der Waals surface area contributed by atoms with Gasteiger partial charge >= 0.3 is 0 Å². The van der Waals surface area contributed by atoms with E-state index in [-0.39, 0.29) is 11.3 Å². The quantitative estimate of drug-likeness (QED) is 0.386. The van der Waals surface area contributed by atoms with Crippen molar-refractivity contribution in [1.82, 2.24) is 19.9 Å². The number of benzene rings is 1. The molecule has 3 aromatic heterocycles. The van der Waals surface area contributed by atoms with Crippen LogP contribution < -0.4 is 10.6 Å². The first-order valence-corrected chi connectivity index (χ1v) is 9.85. The van der Waals surface area contributed by atoms with Crippen molar-refractivity contribution in [1.29, 1.82) is 0 Å². The summed E-state index contributed by atoms with van der Waals surface area (Å²) in [7, 11) is 0. The molecule has 9 heteroatoms. The Bertz CT molecular complexity index is 1300. The second kappa shape index (κ2) is 7.42. The highest BCUT2D eigenvalue weighted by Crippen LogP contribution is 2.28. The molecule has 5 rings (SSSR count). The lowest BCUT2D eigenvalue weighted by Crippen LogP contribution is -2.20. The lowest BCUT2D eigenvalue weighted by molar-refractivity contribution is 0.103. The van der Waals surface area contributed by atoms with Gasteiger partial charge in [-0.15, -0.1) is 0 Å². The minimum absolute atomic E-state index is 0.0994. The number of pyridine rings is 1. The number of carbonyl (C=O) groups is 1. The van der Waals surface area contributed by atoms with Crippen molar-refractivity contribution in [2.24, 2.45) is 0 Å². The van der Waals surface area contributed by atoms with E-state index in [0.29, 0.717) is 22.5 Å². The maximum absolute atomic E-state index is 14.4. The Kier molecular flexibility index (Phi) is 4.58. The Labute approximate surface area is 176 Å². The average molecular weight is 420 g/mol. The van der Waals surface area contributed by atoms with Gasteiger partial charge in [0.15, 0.2) is 5.82 Å². The third kappa shape index (κ3) is 3.27. The van der Waals surface area contributed by atoms with Crippen molar-refractivity contribution >= 4 is 28.5 Å². The molecule has 31 heavy (non-hydrogen) atoms. The molecule has 3 N–H and O–H groups in total. The van der Waals surface area contributed by atoms with E-state index in [1.165, 1.54) is 6.20 Å². The number of nitrogens with zero attached hydrogens (tertiary/aromatic N) is 4. The predicted octanol–water partition coefficient (Wildman–Crippen LogP) is 3.71. The minimum Gasteiger partial charge on any atom is -0.396 e. The number of H-pyrrole nitrogens is 1. The topological polar surface area (TPSA) is 101 Å². The number of nitrogens with one attached hydrogen (secondary N) is 1. The first kappa shape index (κ1) is 19.1. The molecule has 1 aromatic carbocycles. The monoisotopic (exact) mass is 420 g/mol. The van der Waals surface area contributed by atoms with Crippen LogP contribution in [0.3, 0.4) is 0 Å². The zero-order chi connectivity index (χ0) is 21.5. The van der Waals surface area contributed by atoms with E-state index >= 15 is 0 Å². The third-order valence-corrected chi connectivity index (χ3v) is 5.48. The van der Waals surface area contributed by atoms with Gasteiger partial charge in [-0.2, -0.15) is 0 Å². The Balaban J connectivity index is 1.53. The van der Waals surface area contributed by atoms with Crippen LogP contribution in [0.2, 0.25) is 0 Å². The van der Waals surface area contributed by atoms with Crippen LogP contribution in [0.4, 0.5) is 20.4 Å². The molecule has 1 fully saturated rings. The number of fused-ring (bicyclic) bond motifs is 1. The van der Waals surface area contributed by atoms with E-state index in [1.807, 2.05) is 0 Å². The highest BCUT2D eigenvalue weighted by Gasteiger charge is 2.24. The zero-order valence-corrected chi connectivity index (χ0v) is 16.4. The SMILES string of the molecule is Nc1ccc(F)c(C(=O)c2c[nH]c3ncc(-c4cnc(N5CCCC5)nc4)cc23)c1F. The fourth-order valence-electron chi connectivity index (χ4n) is 3.81. The number of anilines is 2. The minimum atomic E-state index is -1.07. The summed E-state index contributed by atoms with van der Waals surface area (Å²) in [5, 5.41) is 0.437. The molecular formula is C22H18F2N6O. The molecule has 0 aliphatic carbocycles. The fourth-order valence-corrected chi connectivity index (χ4v) is 3.81. The van der Waals surface area contributed by atoms with Crippen LogP contribution in [-0.2, 0) is 0 Å². The van der Waals surface area contributed by atoms with Crippen LogP contribution in [0.1, 0.15) is 28.8 Å². The summed E-state index contributed by atoms with van der Waals surface area (Å²) < 4.78 is 28.6. The number of hydrogen-bond acceptors (Lipinski definition) is 6. The molecule has 0 radical (unpaired) electrons. The van der Waals surface area contributed by atoms with Gasteiger partial charge < -0.3 is 15.6 Å². The molecule has 0 atom stereocenters. The van der Waals surface area contributed by atoms with Gasteiger partial charge in [0.1, 0.15) is 11.5 Å². The van der Waals surface area contributed by atoms with E-state index < -0.39 is 23.0 Å². The summed E-state index contributed by atoms with van der Waals surface area (Å²) >= 11 is 0. The van der Waals surface area contributed by atoms with Crippen LogP contribution in [0.5, 0.6) is 0 Å². The molecule has 0 saturated carbocycles. The number of rotatable bonds is 4. The molecule has 1 saturated heterocycles. The van der Waals surface area contributed by atoms with Crippen molar-refractivity contribution in [3.8, 4) is 11.1 Å². The van der Waals surface area contributed by atoms with Crippen LogP contribution >= 0.6 is 0 Å². The van der Waals surface area contributed by atoms with Gasteiger partial charge in [0.05, 0.1) is 11.3 Å². The maximum atomic E-state index is 14.4. The van der Waals surface area contributed by atoms with Gasteiger partial charge in [-0.1, -0.05) is 0 Å². The van der Waals surface area contributed by atoms with Crippen molar-refractivity contribution < 1.29 is 13.6 Å². The average Bonchev–Trinajstić information content (AvgIpc) is 3.46. The first-order chi connectivity index (χ1) is 15.0. The number of aromatic amines is 1. The number of carbonyl (C=O) groups excluding carboxylic acids is 1. The highest BCUT2D eigenvalue weighted by molar-refractivity contribution is 6.16. The van der Waals surface area contributed by atoms with E-state index in [1.54, 1.807) is 24.7 Å². The Morgan fingerprint density at radius 2 is 1.74 bits per heavy atom. The largest absolute Gasteiger partial charge is 0.396 e. The third-order valence-electron chi connectivity index (χ3n) is 5.48. The Morgan fingerprint density at radius 3 is 2.48 bits per heavy atom. The lowest BCUT2D eigenvalue weighted by Gasteiger charge is -2.14. The van der Waals surface area contributed by atoms with E-state index in [0.717, 1.165) is 43.6 Å². The molecule has 4 aromatic rings. The van der Waals surface area contributed by atoms with Gasteiger partial charge in [0.2, 0.25) is 11.7 Å². The van der Waals surface area contributed by atoms with Crippen LogP contribution in [0, 0.1) is 11.6 Å². The van der Waals surface area contributed by atoms with Gasteiger partial charge in [0, 0.05) is 60.0 Å². The smallest absolute Gasteiger partial charge is 0.225 e. The van der Waals surface area contributed by atoms with Gasteiger partial charge in [0.25, 0.3) is 0 Å². The molecule has 0 amide bonds. The van der Waals surface area contributed by atoms with Crippen molar-refractivity contribution in [2.75, 3.05) is 23.7 Å². The number of nitrogens with two attached hydrogens (primary N) is 1. The summed E-state index contributed by atoms with van der Waals surface area (Å²) in [6, 6.07) is 3.79. The summed E-state index contributed by atoms with van der Waals surface area (Å²) in [5.41, 5.74) is 6.46. The van der Waals surface area contributed by atoms with Gasteiger partial charge in [-0.25, -0.2) is 23.7 Å². The Morgan fingerprint density at radius 1 is 1.03 bits per heavy atom. The molecular weight excluding hydrogens is 402 g/mol. The normalized spacial score (nSPS) is 13.8. The number of hydrogen-bond donors (Lipinski definition) is 2. The predicted molar refractivity (Wildman–Crippen MR) is 113 cm³/mol. The second-order valence-corrected chi connectivity index (χ2v) is 7.44. The number of ketones is 1. The standard InChI is InChI=1S/C22H18F2N6O/c23-16-3-4-17(25)19(24)18(16)20(31)15-11-27-21-14(15)7-12(8-26-21)13-9-28-22(29-10-13)30-5-1-2-6-30/h3-4,7-11H,1-2,5-6,25H2,(H,26,27). The molecule has 1 aliphatic rings. The van der Waals surface area contributed by atoms with Crippen LogP contribution in [0.25, 0.3) is 22.2 Å². The molecule has 156 valence electrons. The number of aromatic nitrogens is 4. The summed E-state index contributed by atoms with van der Waals surface area (Å²) in [6.07, 6.45) is 8.68. The molecule has 1 aliphatic heterocycles. The molecule has 7 nitrogen and oxygen atoms in total. The molecule has 0 bridgehead atoms. The summed E-state index contributed by atoms with van der Waals surface area (Å²) in [4.78, 5) is 31.2. The zero-order valence-electron chi connectivity index (χ0n) is 16.4. The maximum Gasteiger partial charge on any atom is 0.225 e. The van der Waals surface area contributed by atoms with Gasteiger partial charge in [-0.3, -0.25) is 4.79 Å².